The Balaban J connectivity index is 2.58. The molecule has 0 aromatic carbocycles. The summed E-state index contributed by atoms with van der Waals surface area (Å²) < 4.78 is 9.74. The summed E-state index contributed by atoms with van der Waals surface area (Å²) in [5.74, 6) is 0.502. The zero-order chi connectivity index (χ0) is 13.5. The molecule has 0 bridgehead atoms. The van der Waals surface area contributed by atoms with Gasteiger partial charge in [-0.3, -0.25) is 4.79 Å². The van der Waals surface area contributed by atoms with Gasteiger partial charge in [0.1, 0.15) is 6.04 Å². The van der Waals surface area contributed by atoms with Gasteiger partial charge in [0.25, 0.3) is 0 Å². The zero-order valence-electron chi connectivity index (χ0n) is 11.3. The van der Waals surface area contributed by atoms with Crippen LogP contribution >= 0.6 is 0 Å². The summed E-state index contributed by atoms with van der Waals surface area (Å²) in [5, 5.41) is 3.17. The lowest BCUT2D eigenvalue weighted by Gasteiger charge is -2.19. The topological polar surface area (TPSA) is 60.5 Å². The minimum atomic E-state index is -0.308. The van der Waals surface area contributed by atoms with Crippen molar-refractivity contribution in [2.45, 2.75) is 26.4 Å². The monoisotopic (exact) mass is 252 g/mol. The van der Waals surface area contributed by atoms with Crippen molar-refractivity contribution in [3.8, 4) is 5.88 Å². The summed E-state index contributed by atoms with van der Waals surface area (Å²) in [6, 6.07) is 3.39. The highest BCUT2D eigenvalue weighted by Gasteiger charge is 2.21. The third-order valence-electron chi connectivity index (χ3n) is 2.65. The summed E-state index contributed by atoms with van der Waals surface area (Å²) in [6.07, 6.45) is 1.72. The lowest BCUT2D eigenvalue weighted by Crippen LogP contribution is -2.41. The molecule has 1 heterocycles. The molecule has 100 valence electrons. The molecule has 1 aromatic rings. The molecule has 0 amide bonds. The summed E-state index contributed by atoms with van der Waals surface area (Å²) in [4.78, 5) is 15.7. The van der Waals surface area contributed by atoms with E-state index < -0.39 is 0 Å². The predicted molar refractivity (Wildman–Crippen MR) is 68.3 cm³/mol. The van der Waals surface area contributed by atoms with Crippen LogP contribution in [0.1, 0.15) is 19.4 Å². The Bertz CT molecular complexity index is 376. The molecule has 0 saturated heterocycles. The first kappa shape index (κ1) is 14.4. The quantitative estimate of drug-likeness (QED) is 0.775. The van der Waals surface area contributed by atoms with Crippen molar-refractivity contribution in [1.29, 1.82) is 0 Å². The molecular formula is C13H20N2O3. The third kappa shape index (κ3) is 4.00. The maximum atomic E-state index is 11.6. The van der Waals surface area contributed by atoms with E-state index in [4.69, 9.17) is 9.47 Å². The van der Waals surface area contributed by atoms with Crippen LogP contribution in [0.3, 0.4) is 0 Å². The lowest BCUT2D eigenvalue weighted by molar-refractivity contribution is -0.144. The Morgan fingerprint density at radius 2 is 2.11 bits per heavy atom. The molecule has 0 radical (unpaired) electrons. The van der Waals surface area contributed by atoms with Gasteiger partial charge in [-0.1, -0.05) is 19.9 Å². The number of esters is 1. The van der Waals surface area contributed by atoms with Crippen LogP contribution in [0.25, 0.3) is 0 Å². The van der Waals surface area contributed by atoms with Crippen LogP contribution in [0.2, 0.25) is 0 Å². The minimum absolute atomic E-state index is 0.170. The van der Waals surface area contributed by atoms with Crippen molar-refractivity contribution >= 4 is 5.97 Å². The fraction of sp³-hybridized carbons (Fsp3) is 0.538. The van der Waals surface area contributed by atoms with E-state index in [9.17, 15) is 4.79 Å². The van der Waals surface area contributed by atoms with Crippen molar-refractivity contribution in [3.63, 3.8) is 0 Å². The van der Waals surface area contributed by atoms with E-state index in [0.717, 1.165) is 5.56 Å². The standard InChI is InChI=1S/C13H20N2O3/c1-9(2)12(13(16)18-4)15-8-10-5-6-11(17-3)14-7-10/h5-7,9,12,15H,8H2,1-4H3/t12-/m0/s1. The second-order valence-corrected chi connectivity index (χ2v) is 4.33. The number of carbonyl (C=O) groups is 1. The third-order valence-corrected chi connectivity index (χ3v) is 2.65. The first-order chi connectivity index (χ1) is 8.58. The highest BCUT2D eigenvalue weighted by molar-refractivity contribution is 5.75. The Labute approximate surface area is 108 Å². The maximum Gasteiger partial charge on any atom is 0.323 e. The molecule has 0 aliphatic heterocycles. The minimum Gasteiger partial charge on any atom is -0.481 e. The lowest BCUT2D eigenvalue weighted by atomic mass is 10.0. The molecule has 1 atom stereocenters. The van der Waals surface area contributed by atoms with Crippen LogP contribution in [0.15, 0.2) is 18.3 Å². The number of rotatable bonds is 6. The number of hydrogen-bond donors (Lipinski definition) is 1. The van der Waals surface area contributed by atoms with Gasteiger partial charge in [-0.25, -0.2) is 4.98 Å². The van der Waals surface area contributed by atoms with E-state index in [1.54, 1.807) is 19.4 Å². The summed E-state index contributed by atoms with van der Waals surface area (Å²) in [6.45, 7) is 4.51. The number of nitrogens with zero attached hydrogens (tertiary/aromatic N) is 1. The Kier molecular flexibility index (Phi) is 5.58. The Morgan fingerprint density at radius 3 is 2.56 bits per heavy atom. The second kappa shape index (κ2) is 6.96. The van der Waals surface area contributed by atoms with E-state index in [1.165, 1.54) is 7.11 Å². The van der Waals surface area contributed by atoms with Crippen molar-refractivity contribution < 1.29 is 14.3 Å². The van der Waals surface area contributed by atoms with Gasteiger partial charge >= 0.3 is 5.97 Å². The number of pyridine rings is 1. The van der Waals surface area contributed by atoms with Crippen molar-refractivity contribution in [1.82, 2.24) is 10.3 Å². The van der Waals surface area contributed by atoms with Crippen LogP contribution in [0.5, 0.6) is 5.88 Å². The maximum absolute atomic E-state index is 11.6. The van der Waals surface area contributed by atoms with E-state index in [-0.39, 0.29) is 17.9 Å². The fourth-order valence-electron chi connectivity index (χ4n) is 1.58. The number of carbonyl (C=O) groups excluding carboxylic acids is 1. The number of aromatic nitrogens is 1. The number of nitrogens with one attached hydrogen (secondary N) is 1. The highest BCUT2D eigenvalue weighted by Crippen LogP contribution is 2.08. The average Bonchev–Trinajstić information content (AvgIpc) is 2.39. The molecule has 0 spiro atoms. The van der Waals surface area contributed by atoms with Crippen LogP contribution < -0.4 is 10.1 Å². The summed E-state index contributed by atoms with van der Waals surface area (Å²) in [5.41, 5.74) is 0.991. The summed E-state index contributed by atoms with van der Waals surface area (Å²) >= 11 is 0. The van der Waals surface area contributed by atoms with Gasteiger partial charge in [-0.15, -0.1) is 0 Å². The van der Waals surface area contributed by atoms with Gasteiger partial charge in [-0.05, 0) is 11.5 Å². The van der Waals surface area contributed by atoms with E-state index >= 15 is 0 Å². The molecule has 0 aliphatic carbocycles. The SMILES string of the molecule is COC(=O)[C@@H](NCc1ccc(OC)nc1)C(C)C. The molecule has 0 fully saturated rings. The van der Waals surface area contributed by atoms with Gasteiger partial charge in [0, 0.05) is 18.8 Å². The van der Waals surface area contributed by atoms with Crippen LogP contribution in [-0.4, -0.2) is 31.2 Å². The molecule has 0 unspecified atom stereocenters. The molecular weight excluding hydrogens is 232 g/mol. The van der Waals surface area contributed by atoms with Gasteiger partial charge in [0.15, 0.2) is 0 Å². The first-order valence-corrected chi connectivity index (χ1v) is 5.88. The largest absolute Gasteiger partial charge is 0.481 e. The molecule has 0 saturated carbocycles. The van der Waals surface area contributed by atoms with Crippen LogP contribution in [-0.2, 0) is 16.1 Å². The molecule has 0 aliphatic rings. The number of methoxy groups -OCH3 is 2. The van der Waals surface area contributed by atoms with Crippen LogP contribution in [0, 0.1) is 5.92 Å². The molecule has 5 nitrogen and oxygen atoms in total. The normalized spacial score (nSPS) is 12.3. The van der Waals surface area contributed by atoms with E-state index in [1.807, 2.05) is 19.9 Å². The van der Waals surface area contributed by atoms with E-state index in [0.29, 0.717) is 12.4 Å². The first-order valence-electron chi connectivity index (χ1n) is 5.88. The van der Waals surface area contributed by atoms with Crippen LogP contribution in [0.4, 0.5) is 0 Å². The molecule has 1 aromatic heterocycles. The molecule has 18 heavy (non-hydrogen) atoms. The van der Waals surface area contributed by atoms with Gasteiger partial charge < -0.3 is 14.8 Å². The number of ether oxygens (including phenoxy) is 2. The van der Waals surface area contributed by atoms with E-state index in [2.05, 4.69) is 10.3 Å². The predicted octanol–water partition coefficient (Wildman–Crippen LogP) is 1.38. The average molecular weight is 252 g/mol. The van der Waals surface area contributed by atoms with Crippen molar-refractivity contribution in [3.05, 3.63) is 23.9 Å². The molecule has 1 N–H and O–H groups in total. The fourth-order valence-corrected chi connectivity index (χ4v) is 1.58. The van der Waals surface area contributed by atoms with Crippen molar-refractivity contribution in [2.75, 3.05) is 14.2 Å². The van der Waals surface area contributed by atoms with Gasteiger partial charge in [-0.2, -0.15) is 0 Å². The van der Waals surface area contributed by atoms with Gasteiger partial charge in [0.2, 0.25) is 5.88 Å². The van der Waals surface area contributed by atoms with Crippen molar-refractivity contribution in [2.24, 2.45) is 5.92 Å². The summed E-state index contributed by atoms with van der Waals surface area (Å²) in [7, 11) is 2.97. The highest BCUT2D eigenvalue weighted by atomic mass is 16.5. The smallest absolute Gasteiger partial charge is 0.323 e. The molecule has 1 rings (SSSR count). The Morgan fingerprint density at radius 1 is 1.39 bits per heavy atom. The zero-order valence-corrected chi connectivity index (χ0v) is 11.3. The molecule has 5 heteroatoms. The van der Waals surface area contributed by atoms with Gasteiger partial charge in [0.05, 0.1) is 14.2 Å². The Hall–Kier alpha value is -1.62. The second-order valence-electron chi connectivity index (χ2n) is 4.33. The number of hydrogen-bond acceptors (Lipinski definition) is 5.